The van der Waals surface area contributed by atoms with Gasteiger partial charge >= 0.3 is 0 Å². The SMILES string of the molecule is Cl.SCC1CCCc2ccccc21. The van der Waals surface area contributed by atoms with E-state index in [1.165, 1.54) is 19.3 Å². The minimum absolute atomic E-state index is 0. The third-order valence-electron chi connectivity index (χ3n) is 2.71. The maximum Gasteiger partial charge on any atom is -0.00288 e. The summed E-state index contributed by atoms with van der Waals surface area (Å²) in [4.78, 5) is 0. The van der Waals surface area contributed by atoms with E-state index in [9.17, 15) is 0 Å². The highest BCUT2D eigenvalue weighted by Gasteiger charge is 2.17. The zero-order chi connectivity index (χ0) is 8.39. The summed E-state index contributed by atoms with van der Waals surface area (Å²) in [7, 11) is 0. The monoisotopic (exact) mass is 214 g/mol. The first-order chi connectivity index (χ1) is 5.92. The highest BCUT2D eigenvalue weighted by atomic mass is 35.5. The Hall–Kier alpha value is -0.140. The molecule has 0 heterocycles. The lowest BCUT2D eigenvalue weighted by atomic mass is 9.84. The van der Waals surface area contributed by atoms with Crippen LogP contribution in [0.15, 0.2) is 24.3 Å². The fourth-order valence-corrected chi connectivity index (χ4v) is 2.42. The zero-order valence-corrected chi connectivity index (χ0v) is 9.28. The van der Waals surface area contributed by atoms with E-state index in [-0.39, 0.29) is 12.4 Å². The van der Waals surface area contributed by atoms with Gasteiger partial charge in [-0.3, -0.25) is 0 Å². The Labute approximate surface area is 91.6 Å². The highest BCUT2D eigenvalue weighted by Crippen LogP contribution is 2.31. The maximum atomic E-state index is 4.39. The molecule has 1 aliphatic carbocycles. The van der Waals surface area contributed by atoms with Gasteiger partial charge in [0, 0.05) is 0 Å². The van der Waals surface area contributed by atoms with Crippen LogP contribution >= 0.6 is 25.0 Å². The van der Waals surface area contributed by atoms with Crippen LogP contribution in [0.2, 0.25) is 0 Å². The van der Waals surface area contributed by atoms with Gasteiger partial charge in [0.15, 0.2) is 0 Å². The summed E-state index contributed by atoms with van der Waals surface area (Å²) in [5, 5.41) is 0. The first kappa shape index (κ1) is 10.9. The van der Waals surface area contributed by atoms with E-state index in [1.54, 1.807) is 11.1 Å². The molecule has 0 N–H and O–H groups in total. The number of thiol groups is 1. The highest BCUT2D eigenvalue weighted by molar-refractivity contribution is 7.80. The largest absolute Gasteiger partial charge is 0.179 e. The molecule has 0 aromatic heterocycles. The number of rotatable bonds is 1. The molecule has 1 aromatic rings. The lowest BCUT2D eigenvalue weighted by molar-refractivity contribution is 0.597. The van der Waals surface area contributed by atoms with E-state index in [0.29, 0.717) is 5.92 Å². The molecule has 2 heteroatoms. The Morgan fingerprint density at radius 3 is 2.85 bits per heavy atom. The molecule has 0 radical (unpaired) electrons. The molecular weight excluding hydrogens is 200 g/mol. The Morgan fingerprint density at radius 1 is 1.31 bits per heavy atom. The molecule has 0 nitrogen and oxygen atoms in total. The van der Waals surface area contributed by atoms with Crippen molar-refractivity contribution in [2.75, 3.05) is 5.75 Å². The second-order valence-electron chi connectivity index (χ2n) is 3.47. The summed E-state index contributed by atoms with van der Waals surface area (Å²) in [5.74, 6) is 1.70. The summed E-state index contributed by atoms with van der Waals surface area (Å²) >= 11 is 4.39. The molecule has 0 aliphatic heterocycles. The number of benzene rings is 1. The number of fused-ring (bicyclic) bond motifs is 1. The molecular formula is C11H15ClS. The molecule has 0 saturated carbocycles. The third-order valence-corrected chi connectivity index (χ3v) is 3.15. The lowest BCUT2D eigenvalue weighted by Gasteiger charge is -2.23. The van der Waals surface area contributed by atoms with Crippen molar-refractivity contribution in [3.63, 3.8) is 0 Å². The van der Waals surface area contributed by atoms with E-state index in [1.807, 2.05) is 0 Å². The normalized spacial score (nSPS) is 20.2. The van der Waals surface area contributed by atoms with Gasteiger partial charge in [-0.15, -0.1) is 12.4 Å². The summed E-state index contributed by atoms with van der Waals surface area (Å²) in [5.41, 5.74) is 3.08. The molecule has 13 heavy (non-hydrogen) atoms. The molecule has 1 aromatic carbocycles. The number of aryl methyl sites for hydroxylation is 1. The maximum absolute atomic E-state index is 4.39. The van der Waals surface area contributed by atoms with Gasteiger partial charge in [0.25, 0.3) is 0 Å². The average molecular weight is 215 g/mol. The van der Waals surface area contributed by atoms with Crippen molar-refractivity contribution in [2.24, 2.45) is 0 Å². The van der Waals surface area contributed by atoms with Crippen LogP contribution in [0.5, 0.6) is 0 Å². The molecule has 0 spiro atoms. The summed E-state index contributed by atoms with van der Waals surface area (Å²) in [6, 6.07) is 8.79. The Balaban J connectivity index is 0.000000845. The Bertz CT molecular complexity index is 273. The van der Waals surface area contributed by atoms with E-state index >= 15 is 0 Å². The van der Waals surface area contributed by atoms with Gasteiger partial charge in [0.05, 0.1) is 0 Å². The fourth-order valence-electron chi connectivity index (χ4n) is 2.04. The van der Waals surface area contributed by atoms with E-state index in [4.69, 9.17) is 0 Å². The standard InChI is InChI=1S/C11H14S.ClH/c12-8-10-6-3-5-9-4-1-2-7-11(9)10;/h1-2,4,7,10,12H,3,5-6,8H2;1H. The van der Waals surface area contributed by atoms with Crippen molar-refractivity contribution in [1.82, 2.24) is 0 Å². The molecule has 2 rings (SSSR count). The number of halogens is 1. The summed E-state index contributed by atoms with van der Waals surface area (Å²) in [6.07, 6.45) is 3.92. The van der Waals surface area contributed by atoms with Crippen molar-refractivity contribution in [3.05, 3.63) is 35.4 Å². The van der Waals surface area contributed by atoms with Gasteiger partial charge in [-0.25, -0.2) is 0 Å². The quantitative estimate of drug-likeness (QED) is 0.681. The third kappa shape index (κ3) is 2.21. The van der Waals surface area contributed by atoms with Crippen LogP contribution < -0.4 is 0 Å². The zero-order valence-electron chi connectivity index (χ0n) is 7.57. The minimum atomic E-state index is 0. The van der Waals surface area contributed by atoms with Crippen LogP contribution in [0.4, 0.5) is 0 Å². The van der Waals surface area contributed by atoms with Gasteiger partial charge in [0.1, 0.15) is 0 Å². The second-order valence-corrected chi connectivity index (χ2v) is 3.84. The topological polar surface area (TPSA) is 0 Å². The minimum Gasteiger partial charge on any atom is -0.179 e. The summed E-state index contributed by atoms with van der Waals surface area (Å²) < 4.78 is 0. The number of hydrogen-bond donors (Lipinski definition) is 1. The van der Waals surface area contributed by atoms with Crippen LogP contribution in [0.25, 0.3) is 0 Å². The van der Waals surface area contributed by atoms with Gasteiger partial charge in [-0.1, -0.05) is 24.3 Å². The smallest absolute Gasteiger partial charge is 0.00288 e. The van der Waals surface area contributed by atoms with E-state index < -0.39 is 0 Å². The van der Waals surface area contributed by atoms with Crippen molar-refractivity contribution in [2.45, 2.75) is 25.2 Å². The van der Waals surface area contributed by atoms with E-state index in [2.05, 4.69) is 36.9 Å². The lowest BCUT2D eigenvalue weighted by Crippen LogP contribution is -2.10. The van der Waals surface area contributed by atoms with Crippen LogP contribution in [-0.2, 0) is 6.42 Å². The van der Waals surface area contributed by atoms with Gasteiger partial charge in [-0.2, -0.15) is 12.6 Å². The van der Waals surface area contributed by atoms with Gasteiger partial charge in [0.2, 0.25) is 0 Å². The summed E-state index contributed by atoms with van der Waals surface area (Å²) in [6.45, 7) is 0. The van der Waals surface area contributed by atoms with Crippen molar-refractivity contribution in [3.8, 4) is 0 Å². The Kier molecular flexibility index (Phi) is 4.14. The molecule has 1 unspecified atom stereocenters. The molecule has 0 amide bonds. The molecule has 0 bridgehead atoms. The molecule has 0 fully saturated rings. The predicted octanol–water partition coefficient (Wildman–Crippen LogP) is 3.46. The first-order valence-electron chi connectivity index (χ1n) is 4.60. The van der Waals surface area contributed by atoms with Crippen molar-refractivity contribution >= 4 is 25.0 Å². The van der Waals surface area contributed by atoms with Crippen molar-refractivity contribution in [1.29, 1.82) is 0 Å². The molecule has 72 valence electrons. The number of hydrogen-bond acceptors (Lipinski definition) is 1. The molecule has 1 aliphatic rings. The second kappa shape index (κ2) is 4.92. The van der Waals surface area contributed by atoms with Crippen molar-refractivity contribution < 1.29 is 0 Å². The first-order valence-corrected chi connectivity index (χ1v) is 5.23. The van der Waals surface area contributed by atoms with E-state index in [0.717, 1.165) is 5.75 Å². The average Bonchev–Trinajstić information content (AvgIpc) is 2.17. The predicted molar refractivity (Wildman–Crippen MR) is 63.2 cm³/mol. The van der Waals surface area contributed by atoms with Crippen LogP contribution in [-0.4, -0.2) is 5.75 Å². The van der Waals surface area contributed by atoms with Crippen LogP contribution in [0.1, 0.15) is 29.9 Å². The Morgan fingerprint density at radius 2 is 2.08 bits per heavy atom. The van der Waals surface area contributed by atoms with Crippen LogP contribution in [0, 0.1) is 0 Å². The van der Waals surface area contributed by atoms with Gasteiger partial charge < -0.3 is 0 Å². The molecule has 0 saturated heterocycles. The van der Waals surface area contributed by atoms with Crippen LogP contribution in [0.3, 0.4) is 0 Å². The molecule has 1 atom stereocenters. The fraction of sp³-hybridized carbons (Fsp3) is 0.455. The van der Waals surface area contributed by atoms with Gasteiger partial charge in [-0.05, 0) is 42.1 Å².